The van der Waals surface area contributed by atoms with Crippen LogP contribution in [0.2, 0.25) is 0 Å². The average molecular weight is 368 g/mol. The van der Waals surface area contributed by atoms with Crippen molar-refractivity contribution in [3.8, 4) is 0 Å². The maximum atomic E-state index is 12.3. The first kappa shape index (κ1) is 18.8. The molecule has 2 heterocycles. The fraction of sp³-hybridized carbons (Fsp3) is 0.400. The number of aryl methyl sites for hydroxylation is 2. The van der Waals surface area contributed by atoms with Gasteiger partial charge < -0.3 is 5.32 Å². The van der Waals surface area contributed by atoms with E-state index in [2.05, 4.69) is 10.4 Å². The third kappa shape index (κ3) is 4.24. The van der Waals surface area contributed by atoms with Crippen molar-refractivity contribution in [3.63, 3.8) is 0 Å². The van der Waals surface area contributed by atoms with E-state index in [0.29, 0.717) is 37.1 Å². The second-order valence-electron chi connectivity index (χ2n) is 6.80. The van der Waals surface area contributed by atoms with Crippen molar-refractivity contribution < 1.29 is 14.4 Å². The lowest BCUT2D eigenvalue weighted by Gasteiger charge is -2.13. The number of imide groups is 1. The first-order valence-corrected chi connectivity index (χ1v) is 9.19. The number of benzene rings is 1. The lowest BCUT2D eigenvalue weighted by Crippen LogP contribution is -2.30. The van der Waals surface area contributed by atoms with E-state index in [1.54, 1.807) is 28.9 Å². The number of aromatic nitrogens is 2. The summed E-state index contributed by atoms with van der Waals surface area (Å²) in [5.41, 5.74) is 2.85. The second-order valence-corrected chi connectivity index (χ2v) is 6.80. The summed E-state index contributed by atoms with van der Waals surface area (Å²) in [7, 11) is 1.85. The van der Waals surface area contributed by atoms with E-state index >= 15 is 0 Å². The Morgan fingerprint density at radius 1 is 1.07 bits per heavy atom. The minimum absolute atomic E-state index is 0.00502. The van der Waals surface area contributed by atoms with Crippen LogP contribution in [0.15, 0.2) is 30.3 Å². The van der Waals surface area contributed by atoms with Crippen molar-refractivity contribution in [2.45, 2.75) is 39.2 Å². The number of carbonyl (C=O) groups excluding carboxylic acids is 3. The van der Waals surface area contributed by atoms with Crippen molar-refractivity contribution in [1.82, 2.24) is 20.0 Å². The summed E-state index contributed by atoms with van der Waals surface area (Å²) in [5, 5.41) is 7.14. The van der Waals surface area contributed by atoms with Gasteiger partial charge in [-0.2, -0.15) is 5.10 Å². The molecule has 7 heteroatoms. The molecule has 142 valence electrons. The highest BCUT2D eigenvalue weighted by Gasteiger charge is 2.34. The standard InChI is InChI=1S/C20H24N4O3/c1-14-12-15(23(2)22-14)13-21-18(25)10-4-3-7-11-24-19(26)16-8-5-6-9-17(16)20(24)27/h5-6,8-9,12H,3-4,7,10-11,13H2,1-2H3,(H,21,25). The quantitative estimate of drug-likeness (QED) is 0.572. The monoisotopic (exact) mass is 368 g/mol. The molecule has 27 heavy (non-hydrogen) atoms. The molecule has 0 unspecified atom stereocenters. The van der Waals surface area contributed by atoms with Gasteiger partial charge in [-0.3, -0.25) is 24.0 Å². The number of hydrogen-bond acceptors (Lipinski definition) is 4. The van der Waals surface area contributed by atoms with Gasteiger partial charge in [0.25, 0.3) is 11.8 Å². The van der Waals surface area contributed by atoms with Gasteiger partial charge in [-0.15, -0.1) is 0 Å². The van der Waals surface area contributed by atoms with Gasteiger partial charge in [-0.25, -0.2) is 0 Å². The molecule has 0 fully saturated rings. The summed E-state index contributed by atoms with van der Waals surface area (Å²) in [6, 6.07) is 8.84. The molecule has 1 aromatic heterocycles. The fourth-order valence-corrected chi connectivity index (χ4v) is 3.28. The predicted octanol–water partition coefficient (Wildman–Crippen LogP) is 2.20. The molecular formula is C20H24N4O3. The normalized spacial score (nSPS) is 13.2. The van der Waals surface area contributed by atoms with Crippen molar-refractivity contribution in [2.24, 2.45) is 7.05 Å². The van der Waals surface area contributed by atoms with Gasteiger partial charge in [0.05, 0.1) is 29.1 Å². The highest BCUT2D eigenvalue weighted by Crippen LogP contribution is 2.22. The summed E-state index contributed by atoms with van der Waals surface area (Å²) in [6.45, 7) is 2.77. The lowest BCUT2D eigenvalue weighted by atomic mass is 10.1. The van der Waals surface area contributed by atoms with Crippen LogP contribution in [0.1, 0.15) is 57.8 Å². The number of nitrogens with one attached hydrogen (secondary N) is 1. The predicted molar refractivity (Wildman–Crippen MR) is 100 cm³/mol. The molecule has 3 rings (SSSR count). The Balaban J connectivity index is 1.35. The number of nitrogens with zero attached hydrogens (tertiary/aromatic N) is 3. The SMILES string of the molecule is Cc1cc(CNC(=O)CCCCCN2C(=O)c3ccccc3C2=O)n(C)n1. The third-order valence-corrected chi connectivity index (χ3v) is 4.73. The maximum absolute atomic E-state index is 12.3. The Morgan fingerprint density at radius 3 is 2.33 bits per heavy atom. The van der Waals surface area contributed by atoms with Gasteiger partial charge in [0.15, 0.2) is 0 Å². The minimum Gasteiger partial charge on any atom is -0.350 e. The van der Waals surface area contributed by atoms with Gasteiger partial charge in [-0.1, -0.05) is 18.6 Å². The Labute approximate surface area is 158 Å². The number of hydrogen-bond donors (Lipinski definition) is 1. The highest BCUT2D eigenvalue weighted by atomic mass is 16.2. The average Bonchev–Trinajstić information content (AvgIpc) is 3.10. The van der Waals surface area contributed by atoms with Gasteiger partial charge in [0.2, 0.25) is 5.91 Å². The van der Waals surface area contributed by atoms with Crippen molar-refractivity contribution in [3.05, 3.63) is 52.8 Å². The molecule has 2 aromatic rings. The van der Waals surface area contributed by atoms with E-state index in [4.69, 9.17) is 0 Å². The van der Waals surface area contributed by atoms with Crippen LogP contribution in [-0.2, 0) is 18.4 Å². The second kappa shape index (κ2) is 8.16. The number of carbonyl (C=O) groups is 3. The number of unbranched alkanes of at least 4 members (excludes halogenated alkanes) is 2. The molecule has 0 spiro atoms. The van der Waals surface area contributed by atoms with E-state index < -0.39 is 0 Å². The zero-order valence-corrected chi connectivity index (χ0v) is 15.7. The molecule has 1 aromatic carbocycles. The van der Waals surface area contributed by atoms with E-state index in [0.717, 1.165) is 24.2 Å². The number of fused-ring (bicyclic) bond motifs is 1. The molecule has 0 saturated heterocycles. The third-order valence-electron chi connectivity index (χ3n) is 4.73. The maximum Gasteiger partial charge on any atom is 0.261 e. The van der Waals surface area contributed by atoms with Crippen LogP contribution >= 0.6 is 0 Å². The lowest BCUT2D eigenvalue weighted by molar-refractivity contribution is -0.121. The van der Waals surface area contributed by atoms with Crippen LogP contribution in [-0.4, -0.2) is 38.9 Å². The van der Waals surface area contributed by atoms with E-state index in [1.807, 2.05) is 20.0 Å². The smallest absolute Gasteiger partial charge is 0.261 e. The van der Waals surface area contributed by atoms with Gasteiger partial charge >= 0.3 is 0 Å². The molecular weight excluding hydrogens is 344 g/mol. The van der Waals surface area contributed by atoms with E-state index in [-0.39, 0.29) is 17.7 Å². The van der Waals surface area contributed by atoms with Crippen LogP contribution in [0.4, 0.5) is 0 Å². The largest absolute Gasteiger partial charge is 0.350 e. The summed E-state index contributed by atoms with van der Waals surface area (Å²) in [4.78, 5) is 37.8. The van der Waals surface area contributed by atoms with Crippen LogP contribution in [0.3, 0.4) is 0 Å². The molecule has 7 nitrogen and oxygen atoms in total. The van der Waals surface area contributed by atoms with Crippen LogP contribution in [0.25, 0.3) is 0 Å². The summed E-state index contributed by atoms with van der Waals surface area (Å²) < 4.78 is 1.76. The molecule has 0 atom stereocenters. The Bertz CT molecular complexity index is 837. The topological polar surface area (TPSA) is 84.3 Å². The molecule has 0 aliphatic carbocycles. The number of amides is 3. The van der Waals surface area contributed by atoms with E-state index in [1.165, 1.54) is 4.90 Å². The molecule has 1 N–H and O–H groups in total. The summed E-state index contributed by atoms with van der Waals surface area (Å²) in [6.07, 6.45) is 2.63. The van der Waals surface area contributed by atoms with Crippen LogP contribution in [0.5, 0.6) is 0 Å². The Kier molecular flexibility index (Phi) is 5.69. The first-order chi connectivity index (χ1) is 13.0. The fourth-order valence-electron chi connectivity index (χ4n) is 3.28. The van der Waals surface area contributed by atoms with Crippen LogP contribution < -0.4 is 5.32 Å². The van der Waals surface area contributed by atoms with Crippen molar-refractivity contribution >= 4 is 17.7 Å². The first-order valence-electron chi connectivity index (χ1n) is 9.19. The zero-order valence-electron chi connectivity index (χ0n) is 15.7. The van der Waals surface area contributed by atoms with Gasteiger partial charge in [0.1, 0.15) is 0 Å². The van der Waals surface area contributed by atoms with E-state index in [9.17, 15) is 14.4 Å². The van der Waals surface area contributed by atoms with Crippen molar-refractivity contribution in [1.29, 1.82) is 0 Å². The Morgan fingerprint density at radius 2 is 1.74 bits per heavy atom. The molecule has 1 aliphatic rings. The zero-order chi connectivity index (χ0) is 19.4. The summed E-state index contributed by atoms with van der Waals surface area (Å²) in [5.74, 6) is -0.450. The van der Waals surface area contributed by atoms with Crippen molar-refractivity contribution in [2.75, 3.05) is 6.54 Å². The van der Waals surface area contributed by atoms with Gasteiger partial charge in [-0.05, 0) is 38.0 Å². The number of rotatable bonds is 8. The minimum atomic E-state index is -0.222. The van der Waals surface area contributed by atoms with Gasteiger partial charge in [0, 0.05) is 20.0 Å². The Hall–Kier alpha value is -2.96. The molecule has 3 amide bonds. The molecule has 0 radical (unpaired) electrons. The molecule has 0 saturated carbocycles. The molecule has 0 bridgehead atoms. The molecule has 1 aliphatic heterocycles. The van der Waals surface area contributed by atoms with Crippen LogP contribution in [0, 0.1) is 6.92 Å². The highest BCUT2D eigenvalue weighted by molar-refractivity contribution is 6.21. The summed E-state index contributed by atoms with van der Waals surface area (Å²) >= 11 is 0.